The van der Waals surface area contributed by atoms with E-state index in [0.717, 1.165) is 45.2 Å². The summed E-state index contributed by atoms with van der Waals surface area (Å²) in [7, 11) is 1.89. The van der Waals surface area contributed by atoms with Gasteiger partial charge in [-0.25, -0.2) is 4.68 Å². The van der Waals surface area contributed by atoms with Gasteiger partial charge in [-0.15, -0.1) is 17.5 Å². The highest BCUT2D eigenvalue weighted by Crippen LogP contribution is 2.25. The zero-order valence-corrected chi connectivity index (χ0v) is 15.9. The van der Waals surface area contributed by atoms with Crippen molar-refractivity contribution in [2.24, 2.45) is 0 Å². The van der Waals surface area contributed by atoms with E-state index in [-0.39, 0.29) is 24.4 Å². The van der Waals surface area contributed by atoms with E-state index in [0.29, 0.717) is 11.7 Å². The topological polar surface area (TPSA) is 63.1 Å². The molecule has 26 heavy (non-hydrogen) atoms. The minimum atomic E-state index is -0.0236. The van der Waals surface area contributed by atoms with Crippen LogP contribution < -0.4 is 5.32 Å². The second-order valence-electron chi connectivity index (χ2n) is 7.15. The zero-order valence-electron chi connectivity index (χ0n) is 15.1. The molecule has 1 aromatic heterocycles. The summed E-state index contributed by atoms with van der Waals surface area (Å²) in [5, 5.41) is 11.7. The molecule has 140 valence electrons. The van der Waals surface area contributed by atoms with Crippen LogP contribution in [0.1, 0.15) is 46.9 Å². The second-order valence-corrected chi connectivity index (χ2v) is 7.15. The predicted octanol–water partition coefficient (Wildman–Crippen LogP) is 2.25. The number of halogens is 1. The summed E-state index contributed by atoms with van der Waals surface area (Å²) >= 11 is 0. The maximum atomic E-state index is 12.8. The lowest BCUT2D eigenvalue weighted by atomic mass is 9.87. The molecule has 1 N–H and O–H groups in total. The number of rotatable bonds is 3. The van der Waals surface area contributed by atoms with Crippen molar-refractivity contribution in [3.63, 3.8) is 0 Å². The van der Waals surface area contributed by atoms with Crippen molar-refractivity contribution in [3.05, 3.63) is 47.3 Å². The standard InChI is InChI=1S/C19H25N5O.ClH/c1-23(17-7-6-14-4-2-3-5-15(14)12-17)19(25)18-13-24(22-21-18)16-8-10-20-11-9-16;/h2-5,13,16-17,20H,6-12H2,1H3;1H. The average Bonchev–Trinajstić information content (AvgIpc) is 3.17. The van der Waals surface area contributed by atoms with Crippen molar-refractivity contribution in [2.75, 3.05) is 20.1 Å². The fourth-order valence-electron chi connectivity index (χ4n) is 3.98. The van der Waals surface area contributed by atoms with E-state index in [1.165, 1.54) is 11.1 Å². The lowest BCUT2D eigenvalue weighted by molar-refractivity contribution is 0.0712. The molecule has 0 radical (unpaired) electrons. The Bertz CT molecular complexity index is 756. The van der Waals surface area contributed by atoms with Crippen LogP contribution in [0.2, 0.25) is 0 Å². The smallest absolute Gasteiger partial charge is 0.276 e. The summed E-state index contributed by atoms with van der Waals surface area (Å²) in [5.41, 5.74) is 3.23. The van der Waals surface area contributed by atoms with Crippen LogP contribution >= 0.6 is 12.4 Å². The molecular weight excluding hydrogens is 350 g/mol. The van der Waals surface area contributed by atoms with E-state index >= 15 is 0 Å². The molecule has 1 aromatic carbocycles. The number of carbonyl (C=O) groups excluding carboxylic acids is 1. The third-order valence-corrected chi connectivity index (χ3v) is 5.60. The summed E-state index contributed by atoms with van der Waals surface area (Å²) in [6.45, 7) is 1.99. The van der Waals surface area contributed by atoms with Crippen LogP contribution in [0, 0.1) is 0 Å². The quantitative estimate of drug-likeness (QED) is 0.893. The molecular formula is C19H26ClN5O. The van der Waals surface area contributed by atoms with Crippen molar-refractivity contribution in [3.8, 4) is 0 Å². The largest absolute Gasteiger partial charge is 0.337 e. The van der Waals surface area contributed by atoms with E-state index in [1.807, 2.05) is 22.8 Å². The normalized spacial score (nSPS) is 20.1. The van der Waals surface area contributed by atoms with Gasteiger partial charge < -0.3 is 10.2 Å². The van der Waals surface area contributed by atoms with Crippen molar-refractivity contribution < 1.29 is 4.79 Å². The molecule has 2 heterocycles. The number of hydrogen-bond acceptors (Lipinski definition) is 4. The highest BCUT2D eigenvalue weighted by Gasteiger charge is 2.27. The van der Waals surface area contributed by atoms with Crippen LogP contribution in [-0.2, 0) is 12.8 Å². The third kappa shape index (κ3) is 3.76. The van der Waals surface area contributed by atoms with Crippen LogP contribution in [0.3, 0.4) is 0 Å². The highest BCUT2D eigenvalue weighted by atomic mass is 35.5. The Balaban J connectivity index is 0.00000196. The number of amides is 1. The molecule has 2 aliphatic rings. The Labute approximate surface area is 160 Å². The lowest BCUT2D eigenvalue weighted by Crippen LogP contribution is -2.40. The molecule has 1 fully saturated rings. The van der Waals surface area contributed by atoms with Gasteiger partial charge in [-0.2, -0.15) is 0 Å². The number of hydrogen-bond donors (Lipinski definition) is 1. The minimum Gasteiger partial charge on any atom is -0.337 e. The van der Waals surface area contributed by atoms with E-state index in [1.54, 1.807) is 0 Å². The van der Waals surface area contributed by atoms with E-state index < -0.39 is 0 Å². The van der Waals surface area contributed by atoms with Crippen molar-refractivity contribution >= 4 is 18.3 Å². The molecule has 2 aromatic rings. The summed E-state index contributed by atoms with van der Waals surface area (Å²) in [4.78, 5) is 14.7. The fourth-order valence-corrected chi connectivity index (χ4v) is 3.98. The van der Waals surface area contributed by atoms with Gasteiger partial charge in [-0.05, 0) is 56.3 Å². The molecule has 1 atom stereocenters. The fraction of sp³-hybridized carbons (Fsp3) is 0.526. The number of aryl methyl sites for hydroxylation is 1. The van der Waals surface area contributed by atoms with Gasteiger partial charge in [-0.3, -0.25) is 4.79 Å². The van der Waals surface area contributed by atoms with Crippen molar-refractivity contribution in [2.45, 2.75) is 44.2 Å². The first-order valence-corrected chi connectivity index (χ1v) is 9.19. The van der Waals surface area contributed by atoms with Gasteiger partial charge in [0.2, 0.25) is 0 Å². The van der Waals surface area contributed by atoms with E-state index in [9.17, 15) is 4.79 Å². The van der Waals surface area contributed by atoms with Crippen LogP contribution in [0.25, 0.3) is 0 Å². The molecule has 1 aliphatic carbocycles. The number of carbonyl (C=O) groups is 1. The number of benzene rings is 1. The molecule has 1 saturated heterocycles. The number of fused-ring (bicyclic) bond motifs is 1. The van der Waals surface area contributed by atoms with Crippen molar-refractivity contribution in [1.82, 2.24) is 25.2 Å². The third-order valence-electron chi connectivity index (χ3n) is 5.60. The summed E-state index contributed by atoms with van der Waals surface area (Å²) in [6.07, 6.45) is 6.84. The molecule has 0 spiro atoms. The van der Waals surface area contributed by atoms with Gasteiger partial charge in [-0.1, -0.05) is 29.5 Å². The van der Waals surface area contributed by atoms with Gasteiger partial charge in [0.15, 0.2) is 5.69 Å². The van der Waals surface area contributed by atoms with Gasteiger partial charge in [0, 0.05) is 13.1 Å². The monoisotopic (exact) mass is 375 g/mol. The Kier molecular flexibility index (Phi) is 5.94. The maximum Gasteiger partial charge on any atom is 0.276 e. The first kappa shape index (κ1) is 18.9. The predicted molar refractivity (Wildman–Crippen MR) is 103 cm³/mol. The van der Waals surface area contributed by atoms with Gasteiger partial charge >= 0.3 is 0 Å². The molecule has 4 rings (SSSR count). The van der Waals surface area contributed by atoms with Gasteiger partial charge in [0.05, 0.1) is 12.2 Å². The summed E-state index contributed by atoms with van der Waals surface area (Å²) in [5.74, 6) is -0.0236. The first-order chi connectivity index (χ1) is 12.2. The van der Waals surface area contributed by atoms with Crippen LogP contribution in [0.5, 0.6) is 0 Å². The minimum absolute atomic E-state index is 0. The van der Waals surface area contributed by atoms with Gasteiger partial charge in [0.1, 0.15) is 0 Å². The summed E-state index contributed by atoms with van der Waals surface area (Å²) < 4.78 is 1.87. The maximum absolute atomic E-state index is 12.8. The van der Waals surface area contributed by atoms with Crippen LogP contribution in [0.4, 0.5) is 0 Å². The number of aromatic nitrogens is 3. The molecule has 7 heteroatoms. The molecule has 1 amide bonds. The lowest BCUT2D eigenvalue weighted by Gasteiger charge is -2.32. The molecule has 0 bridgehead atoms. The molecule has 1 unspecified atom stereocenters. The molecule has 0 saturated carbocycles. The average molecular weight is 376 g/mol. The Hall–Kier alpha value is -1.92. The Morgan fingerprint density at radius 3 is 2.69 bits per heavy atom. The second kappa shape index (κ2) is 8.18. The number of likely N-dealkylation sites (N-methyl/N-ethyl adjacent to an activating group) is 1. The molecule has 6 nitrogen and oxygen atoms in total. The Morgan fingerprint density at radius 1 is 1.19 bits per heavy atom. The number of nitrogens with zero attached hydrogens (tertiary/aromatic N) is 4. The van der Waals surface area contributed by atoms with E-state index in [2.05, 4.69) is 39.9 Å². The first-order valence-electron chi connectivity index (χ1n) is 9.19. The molecule has 1 aliphatic heterocycles. The van der Waals surface area contributed by atoms with Crippen LogP contribution in [0.15, 0.2) is 30.5 Å². The summed E-state index contributed by atoms with van der Waals surface area (Å²) in [6, 6.07) is 9.11. The van der Waals surface area contributed by atoms with Gasteiger partial charge in [0.25, 0.3) is 5.91 Å². The van der Waals surface area contributed by atoms with E-state index in [4.69, 9.17) is 0 Å². The Morgan fingerprint density at radius 2 is 1.92 bits per heavy atom. The number of nitrogens with one attached hydrogen (secondary N) is 1. The SMILES string of the molecule is CN(C(=O)c1cn(C2CCNCC2)nn1)C1CCc2ccccc2C1.Cl. The zero-order chi connectivity index (χ0) is 17.2. The number of piperidine rings is 1. The highest BCUT2D eigenvalue weighted by molar-refractivity contribution is 5.92. The van der Waals surface area contributed by atoms with Crippen LogP contribution in [-0.4, -0.2) is 52.0 Å². The van der Waals surface area contributed by atoms with Crippen molar-refractivity contribution in [1.29, 1.82) is 0 Å².